The van der Waals surface area contributed by atoms with Crippen molar-refractivity contribution in [2.24, 2.45) is 0 Å². The predicted molar refractivity (Wildman–Crippen MR) is 79.3 cm³/mol. The molecule has 0 fully saturated rings. The van der Waals surface area contributed by atoms with Gasteiger partial charge in [0.1, 0.15) is 5.75 Å². The number of anilines is 1. The van der Waals surface area contributed by atoms with Crippen molar-refractivity contribution in [3.63, 3.8) is 0 Å². The van der Waals surface area contributed by atoms with E-state index < -0.39 is 10.0 Å². The average molecular weight is 285 g/mol. The minimum absolute atomic E-state index is 0.595. The van der Waals surface area contributed by atoms with Gasteiger partial charge in [-0.1, -0.05) is 20.3 Å². The van der Waals surface area contributed by atoms with Crippen LogP contribution in [0.2, 0.25) is 0 Å². The summed E-state index contributed by atoms with van der Waals surface area (Å²) < 4.78 is 30.7. The summed E-state index contributed by atoms with van der Waals surface area (Å²) in [4.78, 5) is 0. The molecule has 0 atom stereocenters. The molecular formula is C14H23NO3S. The molecule has 0 amide bonds. The Morgan fingerprint density at radius 2 is 1.95 bits per heavy atom. The van der Waals surface area contributed by atoms with E-state index in [2.05, 4.69) is 18.6 Å². The Bertz CT molecular complexity index is 497. The number of hydrogen-bond acceptors (Lipinski definition) is 3. The lowest BCUT2D eigenvalue weighted by Gasteiger charge is -2.13. The maximum Gasteiger partial charge on any atom is 0.229 e. The van der Waals surface area contributed by atoms with Crippen molar-refractivity contribution in [3.05, 3.63) is 23.8 Å². The quantitative estimate of drug-likeness (QED) is 0.798. The Kier molecular flexibility index (Phi) is 6.15. The lowest BCUT2D eigenvalue weighted by atomic mass is 10.1. The van der Waals surface area contributed by atoms with E-state index >= 15 is 0 Å². The Balaban J connectivity index is 2.93. The summed E-state index contributed by atoms with van der Waals surface area (Å²) in [6, 6.07) is 5.44. The van der Waals surface area contributed by atoms with E-state index in [0.717, 1.165) is 43.3 Å². The number of rotatable bonds is 8. The SMILES string of the molecule is CCCCc1cc(NS(C)(=O)=O)ccc1OCCC. The van der Waals surface area contributed by atoms with Crippen LogP contribution in [0.4, 0.5) is 5.69 Å². The zero-order chi connectivity index (χ0) is 14.3. The first-order chi connectivity index (χ1) is 8.96. The molecule has 0 unspecified atom stereocenters. The fraction of sp³-hybridized carbons (Fsp3) is 0.571. The van der Waals surface area contributed by atoms with Gasteiger partial charge in [-0.05, 0) is 43.0 Å². The van der Waals surface area contributed by atoms with Gasteiger partial charge in [0.05, 0.1) is 12.9 Å². The van der Waals surface area contributed by atoms with Crippen molar-refractivity contribution in [3.8, 4) is 5.75 Å². The highest BCUT2D eigenvalue weighted by Gasteiger charge is 2.08. The van der Waals surface area contributed by atoms with E-state index in [1.807, 2.05) is 12.1 Å². The second-order valence-corrected chi connectivity index (χ2v) is 6.40. The molecule has 5 heteroatoms. The number of unbranched alkanes of at least 4 members (excludes halogenated alkanes) is 1. The molecule has 0 spiro atoms. The molecule has 0 aliphatic rings. The van der Waals surface area contributed by atoms with Crippen LogP contribution in [0.25, 0.3) is 0 Å². The van der Waals surface area contributed by atoms with Gasteiger partial charge >= 0.3 is 0 Å². The highest BCUT2D eigenvalue weighted by molar-refractivity contribution is 7.92. The zero-order valence-corrected chi connectivity index (χ0v) is 12.7. The third-order valence-corrected chi connectivity index (χ3v) is 3.23. The van der Waals surface area contributed by atoms with Crippen molar-refractivity contribution >= 4 is 15.7 Å². The van der Waals surface area contributed by atoms with Crippen molar-refractivity contribution < 1.29 is 13.2 Å². The first kappa shape index (κ1) is 15.8. The van der Waals surface area contributed by atoms with Crippen LogP contribution in [0.5, 0.6) is 5.75 Å². The number of ether oxygens (including phenoxy) is 1. The van der Waals surface area contributed by atoms with Gasteiger partial charge < -0.3 is 4.74 Å². The van der Waals surface area contributed by atoms with E-state index in [1.165, 1.54) is 0 Å². The second kappa shape index (κ2) is 7.38. The molecular weight excluding hydrogens is 262 g/mol. The summed E-state index contributed by atoms with van der Waals surface area (Å²) in [5, 5.41) is 0. The first-order valence-corrected chi connectivity index (χ1v) is 8.59. The molecule has 0 saturated heterocycles. The Morgan fingerprint density at radius 3 is 2.53 bits per heavy atom. The number of benzene rings is 1. The number of sulfonamides is 1. The van der Waals surface area contributed by atoms with Gasteiger partial charge in [0, 0.05) is 5.69 Å². The minimum atomic E-state index is -3.24. The summed E-state index contributed by atoms with van der Waals surface area (Å²) in [6.45, 7) is 4.87. The molecule has 0 radical (unpaired) electrons. The summed E-state index contributed by atoms with van der Waals surface area (Å²) in [5.41, 5.74) is 1.65. The van der Waals surface area contributed by atoms with Crippen LogP contribution in [0.3, 0.4) is 0 Å². The van der Waals surface area contributed by atoms with E-state index in [0.29, 0.717) is 12.3 Å². The molecule has 1 N–H and O–H groups in total. The third kappa shape index (κ3) is 5.96. The molecule has 0 aliphatic carbocycles. The van der Waals surface area contributed by atoms with Crippen LogP contribution in [0.1, 0.15) is 38.7 Å². The molecule has 108 valence electrons. The number of aryl methyl sites for hydroxylation is 1. The van der Waals surface area contributed by atoms with Crippen LogP contribution >= 0.6 is 0 Å². The van der Waals surface area contributed by atoms with Gasteiger partial charge in [-0.2, -0.15) is 0 Å². The van der Waals surface area contributed by atoms with Gasteiger partial charge in [-0.15, -0.1) is 0 Å². The third-order valence-electron chi connectivity index (χ3n) is 2.63. The van der Waals surface area contributed by atoms with Gasteiger partial charge in [0.15, 0.2) is 0 Å². The van der Waals surface area contributed by atoms with Gasteiger partial charge in [-0.3, -0.25) is 4.72 Å². The highest BCUT2D eigenvalue weighted by Crippen LogP contribution is 2.25. The molecule has 4 nitrogen and oxygen atoms in total. The Morgan fingerprint density at radius 1 is 1.21 bits per heavy atom. The molecule has 0 aromatic heterocycles. The highest BCUT2D eigenvalue weighted by atomic mass is 32.2. The summed E-state index contributed by atoms with van der Waals surface area (Å²) >= 11 is 0. The van der Waals surface area contributed by atoms with Gasteiger partial charge in [0.2, 0.25) is 10.0 Å². The van der Waals surface area contributed by atoms with E-state index in [4.69, 9.17) is 4.74 Å². The Hall–Kier alpha value is -1.23. The second-order valence-electron chi connectivity index (χ2n) is 4.65. The number of nitrogens with one attached hydrogen (secondary N) is 1. The maximum atomic E-state index is 11.2. The lowest BCUT2D eigenvalue weighted by molar-refractivity contribution is 0.314. The van der Waals surface area contributed by atoms with E-state index in [9.17, 15) is 8.42 Å². The predicted octanol–water partition coefficient (Wildman–Crippen LogP) is 3.19. The minimum Gasteiger partial charge on any atom is -0.493 e. The topological polar surface area (TPSA) is 55.4 Å². The number of hydrogen-bond donors (Lipinski definition) is 1. The zero-order valence-electron chi connectivity index (χ0n) is 11.9. The monoisotopic (exact) mass is 285 g/mol. The lowest BCUT2D eigenvalue weighted by Crippen LogP contribution is -2.10. The summed E-state index contributed by atoms with van der Waals surface area (Å²) in [6.07, 6.45) is 5.16. The van der Waals surface area contributed by atoms with E-state index in [1.54, 1.807) is 6.07 Å². The fourth-order valence-electron chi connectivity index (χ4n) is 1.77. The smallest absolute Gasteiger partial charge is 0.229 e. The van der Waals surface area contributed by atoms with Crippen LogP contribution in [-0.2, 0) is 16.4 Å². The molecule has 19 heavy (non-hydrogen) atoms. The normalized spacial score (nSPS) is 11.3. The molecule has 0 bridgehead atoms. The largest absolute Gasteiger partial charge is 0.493 e. The van der Waals surface area contributed by atoms with Crippen LogP contribution in [-0.4, -0.2) is 21.3 Å². The van der Waals surface area contributed by atoms with Crippen molar-refractivity contribution in [2.45, 2.75) is 39.5 Å². The first-order valence-electron chi connectivity index (χ1n) is 6.69. The van der Waals surface area contributed by atoms with Crippen molar-refractivity contribution in [1.82, 2.24) is 0 Å². The average Bonchev–Trinajstić information content (AvgIpc) is 2.33. The van der Waals surface area contributed by atoms with Crippen LogP contribution in [0.15, 0.2) is 18.2 Å². The van der Waals surface area contributed by atoms with Crippen LogP contribution < -0.4 is 9.46 Å². The molecule has 0 saturated carbocycles. The van der Waals surface area contributed by atoms with Gasteiger partial charge in [-0.25, -0.2) is 8.42 Å². The fourth-order valence-corrected chi connectivity index (χ4v) is 2.33. The van der Waals surface area contributed by atoms with Gasteiger partial charge in [0.25, 0.3) is 0 Å². The summed E-state index contributed by atoms with van der Waals surface area (Å²) in [7, 11) is -3.24. The van der Waals surface area contributed by atoms with Crippen LogP contribution in [0, 0.1) is 0 Å². The molecule has 1 aromatic carbocycles. The van der Waals surface area contributed by atoms with Crippen molar-refractivity contribution in [2.75, 3.05) is 17.6 Å². The maximum absolute atomic E-state index is 11.2. The molecule has 1 rings (SSSR count). The Labute approximate surface area is 116 Å². The molecule has 0 aliphatic heterocycles. The molecule has 1 aromatic rings. The van der Waals surface area contributed by atoms with Crippen molar-refractivity contribution in [1.29, 1.82) is 0 Å². The van der Waals surface area contributed by atoms with E-state index in [-0.39, 0.29) is 0 Å². The summed E-state index contributed by atoms with van der Waals surface area (Å²) in [5.74, 6) is 0.856. The molecule has 0 heterocycles. The standard InChI is InChI=1S/C14H23NO3S/c1-4-6-7-12-11-13(15-19(3,16)17)8-9-14(12)18-10-5-2/h8-9,11,15H,4-7,10H2,1-3H3.